The summed E-state index contributed by atoms with van der Waals surface area (Å²) in [5, 5.41) is 12.9. The Morgan fingerprint density at radius 2 is 2.09 bits per heavy atom. The fourth-order valence-corrected chi connectivity index (χ4v) is 3.38. The highest BCUT2D eigenvalue weighted by atomic mass is 35.5. The Labute approximate surface area is 138 Å². The van der Waals surface area contributed by atoms with Crippen LogP contribution in [0.3, 0.4) is 0 Å². The van der Waals surface area contributed by atoms with Gasteiger partial charge in [-0.05, 0) is 50.3 Å². The predicted molar refractivity (Wildman–Crippen MR) is 83.7 cm³/mol. The average Bonchev–Trinajstić information content (AvgIpc) is 3.11. The van der Waals surface area contributed by atoms with Crippen LogP contribution in [-0.2, 0) is 9.59 Å². The molecule has 1 saturated heterocycles. The lowest BCUT2D eigenvalue weighted by Gasteiger charge is -2.23. The van der Waals surface area contributed by atoms with E-state index in [0.717, 1.165) is 12.8 Å². The number of anilines is 1. The third kappa shape index (κ3) is 3.05. The third-order valence-corrected chi connectivity index (χ3v) is 4.87. The van der Waals surface area contributed by atoms with E-state index in [1.54, 1.807) is 0 Å². The van der Waals surface area contributed by atoms with Crippen LogP contribution in [0.4, 0.5) is 10.1 Å². The maximum Gasteiger partial charge on any atom is 0.252 e. The first-order valence-corrected chi connectivity index (χ1v) is 8.08. The van der Waals surface area contributed by atoms with Crippen molar-refractivity contribution in [3.8, 4) is 0 Å². The van der Waals surface area contributed by atoms with Crippen LogP contribution in [0.1, 0.15) is 32.1 Å². The van der Waals surface area contributed by atoms with E-state index in [4.69, 9.17) is 11.6 Å². The zero-order valence-corrected chi connectivity index (χ0v) is 13.3. The molecule has 1 saturated carbocycles. The highest BCUT2D eigenvalue weighted by Crippen LogP contribution is 2.31. The molecule has 1 unspecified atom stereocenters. The van der Waals surface area contributed by atoms with E-state index in [1.807, 2.05) is 0 Å². The summed E-state index contributed by atoms with van der Waals surface area (Å²) in [4.78, 5) is 26.1. The molecule has 1 heterocycles. The Balaban J connectivity index is 1.69. The third-order valence-electron chi connectivity index (χ3n) is 4.58. The number of halogens is 2. The minimum absolute atomic E-state index is 0.0527. The summed E-state index contributed by atoms with van der Waals surface area (Å²) in [5.74, 6) is -1.30. The first kappa shape index (κ1) is 16.2. The molecule has 1 aliphatic heterocycles. The van der Waals surface area contributed by atoms with Crippen LogP contribution in [0.15, 0.2) is 18.2 Å². The van der Waals surface area contributed by atoms with Crippen molar-refractivity contribution >= 4 is 29.1 Å². The van der Waals surface area contributed by atoms with Gasteiger partial charge in [-0.2, -0.15) is 0 Å². The molecule has 1 atom stereocenters. The van der Waals surface area contributed by atoms with Crippen LogP contribution >= 0.6 is 11.6 Å². The highest BCUT2D eigenvalue weighted by molar-refractivity contribution is 6.31. The van der Waals surface area contributed by atoms with Gasteiger partial charge in [-0.3, -0.25) is 9.59 Å². The van der Waals surface area contributed by atoms with E-state index in [2.05, 4.69) is 5.32 Å². The summed E-state index contributed by atoms with van der Waals surface area (Å²) < 4.78 is 13.2. The number of carbonyl (C=O) groups is 2. The molecule has 23 heavy (non-hydrogen) atoms. The standard InChI is InChI=1S/C16H18ClFN2O3/c17-11-9-10(3-4-12(11)18)20-8-5-13(14(20)21)19-15(22)16(23)6-1-2-7-16/h3-4,9,13,23H,1-2,5-8H2,(H,19,22). The number of hydrogen-bond donors (Lipinski definition) is 2. The normalized spacial score (nSPS) is 23.3. The van der Waals surface area contributed by atoms with Crippen LogP contribution in [0.25, 0.3) is 0 Å². The van der Waals surface area contributed by atoms with Gasteiger partial charge >= 0.3 is 0 Å². The molecule has 0 aromatic heterocycles. The molecule has 2 aliphatic rings. The predicted octanol–water partition coefficient (Wildman–Crippen LogP) is 2.01. The van der Waals surface area contributed by atoms with Gasteiger partial charge in [0.1, 0.15) is 17.5 Å². The molecule has 124 valence electrons. The van der Waals surface area contributed by atoms with Gasteiger partial charge in [0.2, 0.25) is 5.91 Å². The van der Waals surface area contributed by atoms with Crippen molar-refractivity contribution in [2.45, 2.75) is 43.7 Å². The molecule has 1 aromatic rings. The van der Waals surface area contributed by atoms with E-state index in [9.17, 15) is 19.1 Å². The quantitative estimate of drug-likeness (QED) is 0.884. The Bertz CT molecular complexity index is 646. The average molecular weight is 341 g/mol. The number of nitrogens with one attached hydrogen (secondary N) is 1. The van der Waals surface area contributed by atoms with Gasteiger partial charge in [-0.15, -0.1) is 0 Å². The minimum Gasteiger partial charge on any atom is -0.380 e. The lowest BCUT2D eigenvalue weighted by atomic mass is 10.0. The number of nitrogens with zero attached hydrogens (tertiary/aromatic N) is 1. The van der Waals surface area contributed by atoms with E-state index < -0.39 is 23.4 Å². The second kappa shape index (κ2) is 6.09. The Kier molecular flexibility index (Phi) is 4.29. The fourth-order valence-electron chi connectivity index (χ4n) is 3.20. The van der Waals surface area contributed by atoms with Crippen molar-refractivity contribution in [1.29, 1.82) is 0 Å². The molecule has 7 heteroatoms. The summed E-state index contributed by atoms with van der Waals surface area (Å²) in [6.07, 6.45) is 2.91. The Hall–Kier alpha value is -1.66. The van der Waals surface area contributed by atoms with Crippen molar-refractivity contribution in [3.63, 3.8) is 0 Å². The van der Waals surface area contributed by atoms with E-state index in [1.165, 1.54) is 23.1 Å². The molecule has 0 radical (unpaired) electrons. The first-order chi connectivity index (χ1) is 10.9. The molecule has 2 amide bonds. The van der Waals surface area contributed by atoms with E-state index in [-0.39, 0.29) is 10.9 Å². The molecular weight excluding hydrogens is 323 g/mol. The van der Waals surface area contributed by atoms with Gasteiger partial charge in [0.25, 0.3) is 5.91 Å². The molecule has 0 bridgehead atoms. The lowest BCUT2D eigenvalue weighted by molar-refractivity contribution is -0.141. The molecule has 3 rings (SSSR count). The molecule has 0 spiro atoms. The Morgan fingerprint density at radius 1 is 1.39 bits per heavy atom. The van der Waals surface area contributed by atoms with Crippen LogP contribution in [0.2, 0.25) is 5.02 Å². The van der Waals surface area contributed by atoms with Gasteiger partial charge < -0.3 is 15.3 Å². The monoisotopic (exact) mass is 340 g/mol. The van der Waals surface area contributed by atoms with Crippen molar-refractivity contribution in [2.75, 3.05) is 11.4 Å². The number of aliphatic hydroxyl groups is 1. The highest BCUT2D eigenvalue weighted by Gasteiger charge is 2.42. The van der Waals surface area contributed by atoms with Gasteiger partial charge in [0.05, 0.1) is 5.02 Å². The van der Waals surface area contributed by atoms with Gasteiger partial charge in [0.15, 0.2) is 0 Å². The lowest BCUT2D eigenvalue weighted by Crippen LogP contribution is -2.51. The van der Waals surface area contributed by atoms with Gasteiger partial charge in [-0.25, -0.2) is 4.39 Å². The van der Waals surface area contributed by atoms with Crippen LogP contribution in [0.5, 0.6) is 0 Å². The minimum atomic E-state index is -1.35. The summed E-state index contributed by atoms with van der Waals surface area (Å²) in [6.45, 7) is 0.407. The summed E-state index contributed by atoms with van der Waals surface area (Å²) in [6, 6.07) is 3.41. The van der Waals surface area contributed by atoms with Crippen LogP contribution in [0, 0.1) is 5.82 Å². The summed E-state index contributed by atoms with van der Waals surface area (Å²) in [5.41, 5.74) is -0.856. The molecule has 2 N–H and O–H groups in total. The number of benzene rings is 1. The van der Waals surface area contributed by atoms with Crippen LogP contribution < -0.4 is 10.2 Å². The van der Waals surface area contributed by atoms with E-state index in [0.29, 0.717) is 31.5 Å². The van der Waals surface area contributed by atoms with Crippen molar-refractivity contribution in [3.05, 3.63) is 29.0 Å². The maximum atomic E-state index is 13.2. The molecular formula is C16H18ClFN2O3. The number of carbonyl (C=O) groups excluding carboxylic acids is 2. The fraction of sp³-hybridized carbons (Fsp3) is 0.500. The van der Waals surface area contributed by atoms with Gasteiger partial charge in [-0.1, -0.05) is 11.6 Å². The number of amides is 2. The topological polar surface area (TPSA) is 69.6 Å². The maximum absolute atomic E-state index is 13.2. The number of rotatable bonds is 3. The second-order valence-corrected chi connectivity index (χ2v) is 6.55. The van der Waals surface area contributed by atoms with Gasteiger partial charge in [0, 0.05) is 12.2 Å². The molecule has 1 aliphatic carbocycles. The van der Waals surface area contributed by atoms with Crippen molar-refractivity contribution in [1.82, 2.24) is 5.32 Å². The molecule has 5 nitrogen and oxygen atoms in total. The van der Waals surface area contributed by atoms with Crippen LogP contribution in [-0.4, -0.2) is 35.1 Å². The zero-order valence-electron chi connectivity index (χ0n) is 12.5. The SMILES string of the molecule is O=C1C(NC(=O)C2(O)CCCC2)CCN1c1ccc(F)c(Cl)c1. The largest absolute Gasteiger partial charge is 0.380 e. The summed E-state index contributed by atoms with van der Waals surface area (Å²) >= 11 is 5.75. The van der Waals surface area contributed by atoms with Crippen molar-refractivity contribution in [2.24, 2.45) is 0 Å². The van der Waals surface area contributed by atoms with E-state index >= 15 is 0 Å². The molecule has 2 fully saturated rings. The smallest absolute Gasteiger partial charge is 0.252 e. The zero-order chi connectivity index (χ0) is 16.6. The first-order valence-electron chi connectivity index (χ1n) is 7.70. The molecule has 1 aromatic carbocycles. The second-order valence-electron chi connectivity index (χ2n) is 6.14. The Morgan fingerprint density at radius 3 is 2.74 bits per heavy atom. The summed E-state index contributed by atoms with van der Waals surface area (Å²) in [7, 11) is 0. The number of hydrogen-bond acceptors (Lipinski definition) is 3. The van der Waals surface area contributed by atoms with Crippen molar-refractivity contribution < 1.29 is 19.1 Å².